The summed E-state index contributed by atoms with van der Waals surface area (Å²) in [5.74, 6) is -0.545. The van der Waals surface area contributed by atoms with Crippen LogP contribution >= 0.6 is 0 Å². The number of aryl methyl sites for hydroxylation is 1. The normalized spacial score (nSPS) is 18.8. The van der Waals surface area contributed by atoms with Crippen molar-refractivity contribution >= 4 is 28.4 Å². The van der Waals surface area contributed by atoms with Crippen molar-refractivity contribution in [2.45, 2.75) is 52.0 Å². The van der Waals surface area contributed by atoms with Gasteiger partial charge < -0.3 is 15.3 Å². The molecule has 2 fully saturated rings. The third-order valence-electron chi connectivity index (χ3n) is 7.23. The molecular weight excluding hydrogens is 417 g/mol. The number of nitrogens with zero attached hydrogens (tertiary/aromatic N) is 2. The molecule has 0 spiro atoms. The summed E-state index contributed by atoms with van der Waals surface area (Å²) >= 11 is 0. The van der Waals surface area contributed by atoms with Crippen LogP contribution in [-0.4, -0.2) is 29.1 Å². The number of carboxylic acid groups (broad SMARTS) is 1. The van der Waals surface area contributed by atoms with Crippen LogP contribution in [0.2, 0.25) is 0 Å². The van der Waals surface area contributed by atoms with Crippen molar-refractivity contribution in [3.8, 4) is 0 Å². The molecule has 2 aromatic carbocycles. The second-order valence-electron chi connectivity index (χ2n) is 10.4. The first kappa shape index (κ1) is 21.7. The van der Waals surface area contributed by atoms with Gasteiger partial charge in [-0.05, 0) is 61.8 Å². The van der Waals surface area contributed by atoms with Crippen LogP contribution in [0.5, 0.6) is 0 Å². The standard InChI is InChI=1S/C27H30FN3O2/c1-17-14-19-21(28)16-23(31-12-10-26(2,3)11-13-31)29-24(19)20(15-17)27(8-9-27)30-22-7-5-4-6-18(22)25(32)33/h4-7,14-16,30H,8-13H2,1-3H3,(H,32,33). The predicted octanol–water partition coefficient (Wildman–Crippen LogP) is 6.11. The molecule has 0 atom stereocenters. The summed E-state index contributed by atoms with van der Waals surface area (Å²) in [5, 5.41) is 13.6. The molecule has 172 valence electrons. The van der Waals surface area contributed by atoms with Gasteiger partial charge in [-0.25, -0.2) is 14.2 Å². The van der Waals surface area contributed by atoms with Gasteiger partial charge in [0, 0.05) is 35.8 Å². The molecule has 1 aliphatic carbocycles. The molecule has 33 heavy (non-hydrogen) atoms. The molecule has 3 aromatic rings. The van der Waals surface area contributed by atoms with E-state index in [0.717, 1.165) is 49.9 Å². The van der Waals surface area contributed by atoms with E-state index >= 15 is 4.39 Å². The SMILES string of the molecule is Cc1cc(C2(Nc3ccccc3C(=O)O)CC2)c2nc(N3CCC(C)(C)CC3)cc(F)c2c1. The van der Waals surface area contributed by atoms with E-state index in [4.69, 9.17) is 4.98 Å². The van der Waals surface area contributed by atoms with E-state index in [9.17, 15) is 9.90 Å². The highest BCUT2D eigenvalue weighted by Crippen LogP contribution is 2.51. The Morgan fingerprint density at radius 3 is 2.45 bits per heavy atom. The molecule has 1 saturated heterocycles. The highest BCUT2D eigenvalue weighted by Gasteiger charge is 2.46. The van der Waals surface area contributed by atoms with Crippen LogP contribution in [0.1, 0.15) is 61.0 Å². The fraction of sp³-hybridized carbons (Fsp3) is 0.407. The Morgan fingerprint density at radius 2 is 1.79 bits per heavy atom. The zero-order valence-corrected chi connectivity index (χ0v) is 19.4. The van der Waals surface area contributed by atoms with Crippen molar-refractivity contribution in [3.63, 3.8) is 0 Å². The molecule has 2 heterocycles. The van der Waals surface area contributed by atoms with Gasteiger partial charge in [-0.1, -0.05) is 32.0 Å². The van der Waals surface area contributed by atoms with Crippen molar-refractivity contribution in [1.29, 1.82) is 0 Å². The van der Waals surface area contributed by atoms with Gasteiger partial charge in [0.2, 0.25) is 0 Å². The molecule has 2 aliphatic rings. The molecule has 0 unspecified atom stereocenters. The Kier molecular flexibility index (Phi) is 5.07. The average Bonchev–Trinajstić information content (AvgIpc) is 3.54. The van der Waals surface area contributed by atoms with Crippen molar-refractivity contribution < 1.29 is 14.3 Å². The first-order valence-electron chi connectivity index (χ1n) is 11.6. The van der Waals surface area contributed by atoms with Gasteiger partial charge in [0.25, 0.3) is 0 Å². The predicted molar refractivity (Wildman–Crippen MR) is 130 cm³/mol. The van der Waals surface area contributed by atoms with E-state index < -0.39 is 11.5 Å². The summed E-state index contributed by atoms with van der Waals surface area (Å²) in [5.41, 5.74) is 3.23. The molecule has 0 bridgehead atoms. The fourth-order valence-electron chi connectivity index (χ4n) is 4.91. The highest BCUT2D eigenvalue weighted by atomic mass is 19.1. The smallest absolute Gasteiger partial charge is 0.337 e. The lowest BCUT2D eigenvalue weighted by atomic mass is 9.83. The molecule has 1 saturated carbocycles. The lowest BCUT2D eigenvalue weighted by molar-refractivity contribution is 0.0698. The van der Waals surface area contributed by atoms with Crippen LogP contribution < -0.4 is 10.2 Å². The number of carbonyl (C=O) groups is 1. The Bertz CT molecular complexity index is 1240. The van der Waals surface area contributed by atoms with Crippen molar-refractivity contribution in [3.05, 3.63) is 65.0 Å². The second-order valence-corrected chi connectivity index (χ2v) is 10.4. The number of aromatic nitrogens is 1. The van der Waals surface area contributed by atoms with E-state index in [1.54, 1.807) is 24.3 Å². The number of rotatable bonds is 5. The van der Waals surface area contributed by atoms with Gasteiger partial charge in [-0.3, -0.25) is 0 Å². The Hall–Kier alpha value is -3.15. The summed E-state index contributed by atoms with van der Waals surface area (Å²) < 4.78 is 15.4. The zero-order chi connectivity index (χ0) is 23.4. The maximum absolute atomic E-state index is 15.4. The summed E-state index contributed by atoms with van der Waals surface area (Å²) in [7, 11) is 0. The maximum atomic E-state index is 15.4. The van der Waals surface area contributed by atoms with E-state index in [-0.39, 0.29) is 11.4 Å². The third-order valence-corrected chi connectivity index (χ3v) is 7.23. The monoisotopic (exact) mass is 447 g/mol. The lowest BCUT2D eigenvalue weighted by Crippen LogP contribution is -2.37. The number of benzene rings is 2. The third kappa shape index (κ3) is 4.03. The van der Waals surface area contributed by atoms with Crippen LogP contribution in [0.3, 0.4) is 0 Å². The first-order valence-corrected chi connectivity index (χ1v) is 11.6. The number of fused-ring (bicyclic) bond motifs is 1. The maximum Gasteiger partial charge on any atom is 0.337 e. The van der Waals surface area contributed by atoms with Crippen molar-refractivity contribution in [1.82, 2.24) is 4.98 Å². The number of aromatic carboxylic acids is 1. The number of halogens is 1. The molecule has 1 aromatic heterocycles. The van der Waals surface area contributed by atoms with Crippen LogP contribution in [0.15, 0.2) is 42.5 Å². The van der Waals surface area contributed by atoms with Gasteiger partial charge in [0.05, 0.1) is 16.6 Å². The molecule has 0 amide bonds. The second kappa shape index (κ2) is 7.72. The number of nitrogens with one attached hydrogen (secondary N) is 1. The van der Waals surface area contributed by atoms with Gasteiger partial charge in [0.1, 0.15) is 11.6 Å². The number of carboxylic acids is 1. The summed E-state index contributed by atoms with van der Waals surface area (Å²) in [6.07, 6.45) is 3.77. The number of pyridine rings is 1. The van der Waals surface area contributed by atoms with E-state index in [0.29, 0.717) is 27.8 Å². The van der Waals surface area contributed by atoms with Gasteiger partial charge >= 0.3 is 5.97 Å². The lowest BCUT2D eigenvalue weighted by Gasteiger charge is -2.37. The molecule has 1 aliphatic heterocycles. The minimum Gasteiger partial charge on any atom is -0.478 e. The van der Waals surface area contributed by atoms with Crippen LogP contribution in [0.25, 0.3) is 10.9 Å². The summed E-state index contributed by atoms with van der Waals surface area (Å²) in [4.78, 5) is 18.9. The number of para-hydroxylation sites is 1. The van der Waals surface area contributed by atoms with Crippen LogP contribution in [-0.2, 0) is 5.54 Å². The minimum atomic E-state index is -0.970. The van der Waals surface area contributed by atoms with Gasteiger partial charge in [-0.2, -0.15) is 0 Å². The number of hydrogen-bond donors (Lipinski definition) is 2. The zero-order valence-electron chi connectivity index (χ0n) is 19.4. The summed E-state index contributed by atoms with van der Waals surface area (Å²) in [6, 6.07) is 12.4. The highest BCUT2D eigenvalue weighted by molar-refractivity contribution is 5.95. The van der Waals surface area contributed by atoms with Crippen LogP contribution in [0.4, 0.5) is 15.9 Å². The molecule has 5 rings (SSSR count). The molecule has 2 N–H and O–H groups in total. The number of piperidine rings is 1. The Balaban J connectivity index is 1.58. The largest absolute Gasteiger partial charge is 0.478 e. The van der Waals surface area contributed by atoms with E-state index in [1.165, 1.54) is 0 Å². The van der Waals surface area contributed by atoms with Gasteiger partial charge in [-0.15, -0.1) is 0 Å². The minimum absolute atomic E-state index is 0.233. The first-order chi connectivity index (χ1) is 15.7. The quantitative estimate of drug-likeness (QED) is 0.494. The van der Waals surface area contributed by atoms with Crippen molar-refractivity contribution in [2.24, 2.45) is 5.41 Å². The fourth-order valence-corrected chi connectivity index (χ4v) is 4.91. The summed E-state index contributed by atoms with van der Waals surface area (Å²) in [6.45, 7) is 8.24. The number of anilines is 2. The molecular formula is C27H30FN3O2. The number of hydrogen-bond acceptors (Lipinski definition) is 4. The van der Waals surface area contributed by atoms with E-state index in [2.05, 4.69) is 30.1 Å². The van der Waals surface area contributed by atoms with Crippen LogP contribution in [0, 0.1) is 18.2 Å². The topological polar surface area (TPSA) is 65.5 Å². The van der Waals surface area contributed by atoms with Gasteiger partial charge in [0.15, 0.2) is 0 Å². The molecule has 6 heteroatoms. The van der Waals surface area contributed by atoms with Crippen molar-refractivity contribution in [2.75, 3.05) is 23.3 Å². The molecule has 5 nitrogen and oxygen atoms in total. The Morgan fingerprint density at radius 1 is 1.09 bits per heavy atom. The van der Waals surface area contributed by atoms with E-state index in [1.807, 2.05) is 19.1 Å². The molecule has 0 radical (unpaired) electrons. The Labute approximate surface area is 193 Å². The average molecular weight is 448 g/mol.